The van der Waals surface area contributed by atoms with Crippen LogP contribution in [0.4, 0.5) is 0 Å². The number of hydrogen-bond acceptors (Lipinski definition) is 6. The van der Waals surface area contributed by atoms with Gasteiger partial charge in [0.05, 0.1) is 5.57 Å². The lowest BCUT2D eigenvalue weighted by atomic mass is 9.98. The third-order valence-electron chi connectivity index (χ3n) is 4.73. The highest BCUT2D eigenvalue weighted by Crippen LogP contribution is 2.35. The van der Waals surface area contributed by atoms with E-state index in [-0.39, 0.29) is 24.3 Å². The maximum atomic E-state index is 13.0. The number of rotatable bonds is 7. The third kappa shape index (κ3) is 3.63. The van der Waals surface area contributed by atoms with E-state index >= 15 is 0 Å². The zero-order chi connectivity index (χ0) is 17.8. The lowest BCUT2D eigenvalue weighted by molar-refractivity contribution is -0.137. The van der Waals surface area contributed by atoms with Gasteiger partial charge in [-0.2, -0.15) is 0 Å². The molecule has 0 bridgehead atoms. The molecule has 2 amide bonds. The Hall–Kier alpha value is -1.70. The molecule has 1 atom stereocenters. The molecule has 1 fully saturated rings. The summed E-state index contributed by atoms with van der Waals surface area (Å²) in [6.45, 7) is 2.34. The predicted molar refractivity (Wildman–Crippen MR) is 95.8 cm³/mol. The van der Waals surface area contributed by atoms with Crippen molar-refractivity contribution in [2.24, 2.45) is 5.92 Å². The monoisotopic (exact) mass is 364 g/mol. The third-order valence-corrected chi connectivity index (χ3v) is 5.62. The smallest absolute Gasteiger partial charge is 0.277 e. The number of carbonyl (C=O) groups excluding carboxylic acids is 2. The molecule has 2 aliphatic heterocycles. The first-order valence-corrected chi connectivity index (χ1v) is 9.54. The molecule has 3 heterocycles. The summed E-state index contributed by atoms with van der Waals surface area (Å²) in [4.78, 5) is 30.1. The van der Waals surface area contributed by atoms with Crippen LogP contribution in [0, 0.1) is 5.92 Å². The van der Waals surface area contributed by atoms with Crippen LogP contribution in [0.2, 0.25) is 0 Å². The van der Waals surface area contributed by atoms with Crippen LogP contribution in [-0.2, 0) is 14.3 Å². The number of amides is 2. The molecule has 1 aromatic heterocycles. The lowest BCUT2D eigenvalue weighted by Crippen LogP contribution is -2.40. The van der Waals surface area contributed by atoms with E-state index in [2.05, 4.69) is 0 Å². The highest BCUT2D eigenvalue weighted by atomic mass is 32.1. The van der Waals surface area contributed by atoms with E-state index in [9.17, 15) is 14.7 Å². The van der Waals surface area contributed by atoms with Gasteiger partial charge in [0.2, 0.25) is 0 Å². The molecule has 1 saturated heterocycles. The van der Waals surface area contributed by atoms with Gasteiger partial charge < -0.3 is 14.7 Å². The molecule has 0 aromatic carbocycles. The van der Waals surface area contributed by atoms with Crippen molar-refractivity contribution in [3.63, 3.8) is 0 Å². The number of likely N-dealkylation sites (tertiary alicyclic amines) is 1. The number of ether oxygens (including phenoxy) is 1. The molecule has 7 heteroatoms. The standard InChI is InChI=1S/C18H24N2O4S/c1-24-9-4-8-20-17(22)15(14-6-3-10-25-14)16(18(20)23)19-7-2-5-13(11-19)12-21/h3,6,10,13,21H,2,4-5,7-9,11-12H2,1H3. The molecule has 0 saturated carbocycles. The number of hydrogen-bond donors (Lipinski definition) is 1. The van der Waals surface area contributed by atoms with E-state index in [1.807, 2.05) is 22.4 Å². The first-order chi connectivity index (χ1) is 12.2. The van der Waals surface area contributed by atoms with Crippen LogP contribution in [0.1, 0.15) is 24.1 Å². The van der Waals surface area contributed by atoms with Gasteiger partial charge in [0.25, 0.3) is 11.8 Å². The number of thiophene rings is 1. The van der Waals surface area contributed by atoms with E-state index in [0.29, 0.717) is 37.4 Å². The van der Waals surface area contributed by atoms with Gasteiger partial charge in [0.1, 0.15) is 5.70 Å². The van der Waals surface area contributed by atoms with Crippen LogP contribution < -0.4 is 0 Å². The topological polar surface area (TPSA) is 70.1 Å². The summed E-state index contributed by atoms with van der Waals surface area (Å²) >= 11 is 1.47. The van der Waals surface area contributed by atoms with Gasteiger partial charge in [-0.1, -0.05) is 6.07 Å². The molecule has 1 N–H and O–H groups in total. The molecule has 25 heavy (non-hydrogen) atoms. The first-order valence-electron chi connectivity index (χ1n) is 8.66. The fourth-order valence-corrected chi connectivity index (χ4v) is 4.25. The summed E-state index contributed by atoms with van der Waals surface area (Å²) in [6.07, 6.45) is 2.49. The molecular formula is C18H24N2O4S. The summed E-state index contributed by atoms with van der Waals surface area (Å²) in [6, 6.07) is 3.78. The molecule has 2 aliphatic rings. The van der Waals surface area contributed by atoms with E-state index in [1.165, 1.54) is 16.2 Å². The molecule has 0 aliphatic carbocycles. The molecular weight excluding hydrogens is 340 g/mol. The van der Waals surface area contributed by atoms with E-state index < -0.39 is 0 Å². The highest BCUT2D eigenvalue weighted by molar-refractivity contribution is 7.11. The van der Waals surface area contributed by atoms with Crippen molar-refractivity contribution in [1.29, 1.82) is 0 Å². The fraction of sp³-hybridized carbons (Fsp3) is 0.556. The Balaban J connectivity index is 1.91. The predicted octanol–water partition coefficient (Wildman–Crippen LogP) is 1.57. The van der Waals surface area contributed by atoms with E-state index in [1.54, 1.807) is 7.11 Å². The second-order valence-corrected chi connectivity index (χ2v) is 7.39. The number of methoxy groups -OCH3 is 1. The summed E-state index contributed by atoms with van der Waals surface area (Å²) in [5.74, 6) is -0.288. The van der Waals surface area contributed by atoms with Gasteiger partial charge in [-0.25, -0.2) is 0 Å². The first kappa shape index (κ1) is 18.1. The van der Waals surface area contributed by atoms with E-state index in [4.69, 9.17) is 4.74 Å². The van der Waals surface area contributed by atoms with Gasteiger partial charge in [-0.05, 0) is 36.6 Å². The minimum absolute atomic E-state index is 0.109. The normalized spacial score (nSPS) is 21.6. The molecule has 1 aromatic rings. The second-order valence-electron chi connectivity index (χ2n) is 6.45. The van der Waals surface area contributed by atoms with Crippen LogP contribution in [-0.4, -0.2) is 66.7 Å². The van der Waals surface area contributed by atoms with Crippen LogP contribution in [0.5, 0.6) is 0 Å². The van der Waals surface area contributed by atoms with Gasteiger partial charge in [-0.3, -0.25) is 14.5 Å². The van der Waals surface area contributed by atoms with E-state index in [0.717, 1.165) is 24.3 Å². The fourth-order valence-electron chi connectivity index (χ4n) is 3.49. The van der Waals surface area contributed by atoms with Crippen molar-refractivity contribution in [2.45, 2.75) is 19.3 Å². The average Bonchev–Trinajstić information content (AvgIpc) is 3.23. The SMILES string of the molecule is COCCCN1C(=O)C(c2cccs2)=C(N2CCCC(CO)C2)C1=O. The highest BCUT2D eigenvalue weighted by Gasteiger charge is 2.42. The number of nitrogens with zero attached hydrogens (tertiary/aromatic N) is 2. The zero-order valence-electron chi connectivity index (χ0n) is 14.4. The minimum Gasteiger partial charge on any atom is -0.396 e. The van der Waals surface area contributed by atoms with Crippen molar-refractivity contribution in [3.05, 3.63) is 28.1 Å². The number of imide groups is 1. The summed E-state index contributed by atoms with van der Waals surface area (Å²) in [7, 11) is 1.61. The number of piperidine rings is 1. The quantitative estimate of drug-likeness (QED) is 0.587. The Labute approximate surface area is 151 Å². The van der Waals surface area contributed by atoms with Gasteiger partial charge in [-0.15, -0.1) is 11.3 Å². The van der Waals surface area contributed by atoms with Gasteiger partial charge in [0.15, 0.2) is 0 Å². The molecule has 0 radical (unpaired) electrons. The molecule has 0 spiro atoms. The number of carbonyl (C=O) groups is 2. The molecule has 6 nitrogen and oxygen atoms in total. The number of aliphatic hydroxyl groups is 1. The Kier molecular flexibility index (Phi) is 5.88. The zero-order valence-corrected chi connectivity index (χ0v) is 15.3. The Morgan fingerprint density at radius 2 is 2.20 bits per heavy atom. The van der Waals surface area contributed by atoms with Crippen molar-refractivity contribution < 1.29 is 19.4 Å². The minimum atomic E-state index is -0.219. The van der Waals surface area contributed by atoms with Crippen molar-refractivity contribution in [2.75, 3.05) is 40.0 Å². The maximum Gasteiger partial charge on any atom is 0.277 e. The average molecular weight is 364 g/mol. The van der Waals surface area contributed by atoms with Crippen molar-refractivity contribution >= 4 is 28.7 Å². The molecule has 136 valence electrons. The van der Waals surface area contributed by atoms with Crippen molar-refractivity contribution in [3.8, 4) is 0 Å². The van der Waals surface area contributed by atoms with Crippen LogP contribution in [0.3, 0.4) is 0 Å². The summed E-state index contributed by atoms with van der Waals surface area (Å²) < 4.78 is 5.04. The second kappa shape index (κ2) is 8.12. The largest absolute Gasteiger partial charge is 0.396 e. The Bertz CT molecular complexity index is 656. The number of aliphatic hydroxyl groups excluding tert-OH is 1. The molecule has 1 unspecified atom stereocenters. The van der Waals surface area contributed by atoms with Gasteiger partial charge in [0, 0.05) is 44.8 Å². The summed E-state index contributed by atoms with van der Waals surface area (Å²) in [5, 5.41) is 11.4. The van der Waals surface area contributed by atoms with Crippen LogP contribution in [0.15, 0.2) is 23.2 Å². The Morgan fingerprint density at radius 1 is 1.36 bits per heavy atom. The molecule has 3 rings (SSSR count). The maximum absolute atomic E-state index is 13.0. The van der Waals surface area contributed by atoms with Crippen LogP contribution >= 0.6 is 11.3 Å². The van der Waals surface area contributed by atoms with Crippen LogP contribution in [0.25, 0.3) is 5.57 Å². The lowest BCUT2D eigenvalue weighted by Gasteiger charge is -2.34. The summed E-state index contributed by atoms with van der Waals surface area (Å²) in [5.41, 5.74) is 1.01. The van der Waals surface area contributed by atoms with Crippen molar-refractivity contribution in [1.82, 2.24) is 9.80 Å². The Morgan fingerprint density at radius 3 is 2.88 bits per heavy atom. The van der Waals surface area contributed by atoms with Gasteiger partial charge >= 0.3 is 0 Å².